The lowest BCUT2D eigenvalue weighted by molar-refractivity contribution is 0.416. The average Bonchev–Trinajstić information content (AvgIpc) is 2.90. The molecule has 22 heavy (non-hydrogen) atoms. The van der Waals surface area contributed by atoms with Gasteiger partial charge in [-0.2, -0.15) is 0 Å². The van der Waals surface area contributed by atoms with Gasteiger partial charge in [-0.25, -0.2) is 16.8 Å². The van der Waals surface area contributed by atoms with Crippen molar-refractivity contribution in [2.24, 2.45) is 0 Å². The lowest BCUT2D eigenvalue weighted by Gasteiger charge is -2.10. The highest BCUT2D eigenvalue weighted by atomic mass is 32.2. The number of rotatable bonds is 3. The van der Waals surface area contributed by atoms with Crippen molar-refractivity contribution in [3.8, 4) is 5.75 Å². The van der Waals surface area contributed by atoms with E-state index in [9.17, 15) is 12.8 Å². The molecule has 2 aromatic carbocycles. The molecule has 0 radical (unpaired) electrons. The zero-order valence-corrected chi connectivity index (χ0v) is 12.5. The van der Waals surface area contributed by atoms with Crippen LogP contribution in [0.5, 0.6) is 5.75 Å². The number of nitrogens with zero attached hydrogens (tertiary/aromatic N) is 1. The molecule has 0 aliphatic carbocycles. The molecule has 114 valence electrons. The van der Waals surface area contributed by atoms with Gasteiger partial charge in [-0.1, -0.05) is 0 Å². The fraction of sp³-hybridized carbons (Fsp3) is 0.0667. The molecule has 0 unspecified atom stereocenters. The zero-order valence-electron chi connectivity index (χ0n) is 11.7. The molecule has 0 fully saturated rings. The smallest absolute Gasteiger partial charge is 0.268 e. The van der Waals surface area contributed by atoms with E-state index in [1.807, 2.05) is 0 Å². The highest BCUT2D eigenvalue weighted by molar-refractivity contribution is 7.90. The van der Waals surface area contributed by atoms with Gasteiger partial charge in [-0.3, -0.25) is 0 Å². The van der Waals surface area contributed by atoms with Crippen molar-refractivity contribution in [3.05, 3.63) is 54.5 Å². The number of aromatic nitrogens is 1. The Balaban J connectivity index is 2.20. The summed E-state index contributed by atoms with van der Waals surface area (Å²) in [5.74, 6) is -0.112. The third-order valence-corrected chi connectivity index (χ3v) is 5.06. The quantitative estimate of drug-likeness (QED) is 0.753. The summed E-state index contributed by atoms with van der Waals surface area (Å²) in [4.78, 5) is 0.00700. The Kier molecular flexibility index (Phi) is 3.29. The highest BCUT2D eigenvalue weighted by Gasteiger charge is 2.20. The van der Waals surface area contributed by atoms with E-state index in [-0.39, 0.29) is 16.1 Å². The van der Waals surface area contributed by atoms with Crippen LogP contribution in [-0.2, 0) is 10.0 Å². The summed E-state index contributed by atoms with van der Waals surface area (Å²) in [6.45, 7) is 0. The number of methoxy groups -OCH3 is 1. The predicted octanol–water partition coefficient (Wildman–Crippen LogP) is 2.61. The average molecular weight is 320 g/mol. The highest BCUT2D eigenvalue weighted by Crippen LogP contribution is 2.28. The zero-order chi connectivity index (χ0) is 15.9. The number of hydrogen-bond acceptors (Lipinski definition) is 4. The Morgan fingerprint density at radius 1 is 1.14 bits per heavy atom. The van der Waals surface area contributed by atoms with E-state index in [0.29, 0.717) is 11.1 Å². The fourth-order valence-corrected chi connectivity index (χ4v) is 3.65. The molecule has 2 N–H and O–H groups in total. The van der Waals surface area contributed by atoms with E-state index in [4.69, 9.17) is 10.5 Å². The van der Waals surface area contributed by atoms with E-state index in [0.717, 1.165) is 3.97 Å². The van der Waals surface area contributed by atoms with Crippen LogP contribution in [0, 0.1) is 5.82 Å². The molecular weight excluding hydrogens is 307 g/mol. The number of benzene rings is 2. The van der Waals surface area contributed by atoms with Gasteiger partial charge in [0, 0.05) is 11.6 Å². The largest absolute Gasteiger partial charge is 0.495 e. The summed E-state index contributed by atoms with van der Waals surface area (Å²) in [5.41, 5.74) is 6.25. The van der Waals surface area contributed by atoms with Crippen LogP contribution in [0.25, 0.3) is 10.9 Å². The standard InChI is InChI=1S/C15H13FN2O3S/c1-21-15-5-4-12(9-13(15)17)22(19,20)18-7-6-10-2-3-11(16)8-14(10)18/h2-9H,17H2,1H3. The van der Waals surface area contributed by atoms with Crippen LogP contribution >= 0.6 is 0 Å². The third kappa shape index (κ3) is 2.19. The topological polar surface area (TPSA) is 74.3 Å². The van der Waals surface area contributed by atoms with Crippen molar-refractivity contribution in [2.75, 3.05) is 12.8 Å². The van der Waals surface area contributed by atoms with Crippen molar-refractivity contribution in [1.29, 1.82) is 0 Å². The molecule has 3 rings (SSSR count). The minimum atomic E-state index is -3.87. The van der Waals surface area contributed by atoms with Gasteiger partial charge in [0.25, 0.3) is 10.0 Å². The normalized spacial score (nSPS) is 11.7. The summed E-state index contributed by atoms with van der Waals surface area (Å²) in [5, 5.41) is 0.631. The number of halogens is 1. The predicted molar refractivity (Wildman–Crippen MR) is 81.9 cm³/mol. The minimum absolute atomic E-state index is 0.00700. The molecule has 1 aromatic heterocycles. The Morgan fingerprint density at radius 3 is 2.59 bits per heavy atom. The van der Waals surface area contributed by atoms with Crippen LogP contribution in [-0.4, -0.2) is 19.5 Å². The number of nitrogen functional groups attached to an aromatic ring is 1. The van der Waals surface area contributed by atoms with E-state index < -0.39 is 15.8 Å². The SMILES string of the molecule is COc1ccc(S(=O)(=O)n2ccc3ccc(F)cc32)cc1N. The van der Waals surface area contributed by atoms with E-state index >= 15 is 0 Å². The number of hydrogen-bond donors (Lipinski definition) is 1. The molecule has 0 spiro atoms. The van der Waals surface area contributed by atoms with Gasteiger partial charge < -0.3 is 10.5 Å². The van der Waals surface area contributed by atoms with Crippen molar-refractivity contribution in [1.82, 2.24) is 3.97 Å². The van der Waals surface area contributed by atoms with Crippen molar-refractivity contribution in [2.45, 2.75) is 4.90 Å². The summed E-state index contributed by atoms with van der Waals surface area (Å²) in [6.07, 6.45) is 1.39. The second-order valence-electron chi connectivity index (χ2n) is 4.72. The van der Waals surface area contributed by atoms with Crippen molar-refractivity contribution in [3.63, 3.8) is 0 Å². The maximum absolute atomic E-state index is 13.4. The molecule has 7 heteroatoms. The number of fused-ring (bicyclic) bond motifs is 1. The molecular formula is C15H13FN2O3S. The Morgan fingerprint density at radius 2 is 1.91 bits per heavy atom. The summed E-state index contributed by atoms with van der Waals surface area (Å²) >= 11 is 0. The Labute approximate surface area is 126 Å². The Bertz CT molecular complexity index is 964. The monoisotopic (exact) mass is 320 g/mol. The molecule has 0 aliphatic heterocycles. The third-order valence-electron chi connectivity index (χ3n) is 3.38. The van der Waals surface area contributed by atoms with Gasteiger partial charge in [0.15, 0.2) is 0 Å². The lowest BCUT2D eigenvalue weighted by Crippen LogP contribution is -2.12. The molecule has 0 saturated heterocycles. The van der Waals surface area contributed by atoms with Crippen LogP contribution in [0.2, 0.25) is 0 Å². The van der Waals surface area contributed by atoms with Crippen molar-refractivity contribution >= 4 is 26.6 Å². The summed E-state index contributed by atoms with van der Waals surface area (Å²) < 4.78 is 44.9. The summed E-state index contributed by atoms with van der Waals surface area (Å²) in [6, 6.07) is 9.80. The number of ether oxygens (including phenoxy) is 1. The molecule has 5 nitrogen and oxygen atoms in total. The van der Waals surface area contributed by atoms with Crippen LogP contribution in [0.3, 0.4) is 0 Å². The van der Waals surface area contributed by atoms with Crippen LogP contribution in [0.1, 0.15) is 0 Å². The van der Waals surface area contributed by atoms with Gasteiger partial charge >= 0.3 is 0 Å². The van der Waals surface area contributed by atoms with Crippen LogP contribution < -0.4 is 10.5 Å². The van der Waals surface area contributed by atoms with Gasteiger partial charge in [-0.05, 0) is 42.5 Å². The van der Waals surface area contributed by atoms with Gasteiger partial charge in [-0.15, -0.1) is 0 Å². The maximum atomic E-state index is 13.4. The summed E-state index contributed by atoms with van der Waals surface area (Å²) in [7, 11) is -2.43. The Hall–Kier alpha value is -2.54. The van der Waals surface area contributed by atoms with Gasteiger partial charge in [0.2, 0.25) is 0 Å². The van der Waals surface area contributed by atoms with E-state index in [2.05, 4.69) is 0 Å². The van der Waals surface area contributed by atoms with Crippen LogP contribution in [0.15, 0.2) is 53.6 Å². The van der Waals surface area contributed by atoms with Gasteiger partial charge in [0.05, 0.1) is 23.2 Å². The molecule has 0 aliphatic rings. The van der Waals surface area contributed by atoms with E-state index in [1.165, 1.54) is 49.7 Å². The molecule has 1 heterocycles. The second-order valence-corrected chi connectivity index (χ2v) is 6.54. The van der Waals surface area contributed by atoms with Crippen LogP contribution in [0.4, 0.5) is 10.1 Å². The second kappa shape index (κ2) is 5.03. The number of anilines is 1. The molecule has 0 bridgehead atoms. The first-order valence-corrected chi connectivity index (χ1v) is 7.83. The molecule has 0 atom stereocenters. The number of nitrogens with two attached hydrogens (primary N) is 1. The molecule has 0 saturated carbocycles. The first-order chi connectivity index (χ1) is 10.4. The maximum Gasteiger partial charge on any atom is 0.268 e. The fourth-order valence-electron chi connectivity index (χ4n) is 2.27. The molecule has 3 aromatic rings. The first kappa shape index (κ1) is 14.4. The first-order valence-electron chi connectivity index (χ1n) is 6.39. The van der Waals surface area contributed by atoms with Crippen molar-refractivity contribution < 1.29 is 17.5 Å². The van der Waals surface area contributed by atoms with E-state index in [1.54, 1.807) is 6.07 Å². The van der Waals surface area contributed by atoms with Gasteiger partial charge in [0.1, 0.15) is 11.6 Å². The molecule has 0 amide bonds. The minimum Gasteiger partial charge on any atom is -0.495 e. The lowest BCUT2D eigenvalue weighted by atomic mass is 10.2.